The molecule has 1 amide bonds. The Labute approximate surface area is 130 Å². The minimum atomic E-state index is 0. The van der Waals surface area contributed by atoms with Crippen LogP contribution in [0, 0.1) is 5.92 Å². The number of fused-ring (bicyclic) bond motifs is 4. The molecular formula is C15H22ClN3O2. The zero-order valence-corrected chi connectivity index (χ0v) is 12.8. The first kappa shape index (κ1) is 16.0. The molecule has 21 heavy (non-hydrogen) atoms. The lowest BCUT2D eigenvalue weighted by atomic mass is 9.83. The van der Waals surface area contributed by atoms with E-state index < -0.39 is 0 Å². The van der Waals surface area contributed by atoms with Gasteiger partial charge in [0.05, 0.1) is 0 Å². The van der Waals surface area contributed by atoms with E-state index in [9.17, 15) is 9.59 Å². The van der Waals surface area contributed by atoms with Gasteiger partial charge in [0, 0.05) is 43.7 Å². The molecule has 1 fully saturated rings. The summed E-state index contributed by atoms with van der Waals surface area (Å²) in [6, 6.07) is 5.47. The minimum Gasteiger partial charge on any atom is -0.342 e. The first-order valence-corrected chi connectivity index (χ1v) is 7.36. The molecule has 5 nitrogen and oxygen atoms in total. The summed E-state index contributed by atoms with van der Waals surface area (Å²) in [6.45, 7) is 2.82. The van der Waals surface area contributed by atoms with Gasteiger partial charge >= 0.3 is 0 Å². The number of piperidine rings is 1. The van der Waals surface area contributed by atoms with Crippen LogP contribution in [0.2, 0.25) is 0 Å². The fourth-order valence-electron chi connectivity index (χ4n) is 3.51. The third-order valence-corrected chi connectivity index (χ3v) is 4.43. The van der Waals surface area contributed by atoms with Gasteiger partial charge in [-0.1, -0.05) is 6.07 Å². The number of likely N-dealkylation sites (tertiary alicyclic amines) is 1. The van der Waals surface area contributed by atoms with Crippen molar-refractivity contribution in [3.05, 3.63) is 34.2 Å². The fourth-order valence-corrected chi connectivity index (χ4v) is 3.51. The second kappa shape index (κ2) is 6.62. The van der Waals surface area contributed by atoms with Crippen LogP contribution in [0.1, 0.15) is 30.9 Å². The number of nitrogens with zero attached hydrogens (tertiary/aromatic N) is 2. The minimum absolute atomic E-state index is 0. The van der Waals surface area contributed by atoms with E-state index in [1.807, 2.05) is 21.6 Å². The van der Waals surface area contributed by atoms with Gasteiger partial charge in [-0.2, -0.15) is 0 Å². The first-order valence-electron chi connectivity index (χ1n) is 7.36. The highest BCUT2D eigenvalue weighted by Gasteiger charge is 2.35. The van der Waals surface area contributed by atoms with E-state index in [2.05, 4.69) is 0 Å². The molecule has 2 aliphatic heterocycles. The van der Waals surface area contributed by atoms with Gasteiger partial charge in [-0.05, 0) is 31.4 Å². The molecule has 0 unspecified atom stereocenters. The molecule has 3 rings (SSSR count). The third-order valence-electron chi connectivity index (χ3n) is 4.43. The summed E-state index contributed by atoms with van der Waals surface area (Å²) < 4.78 is 1.89. The molecule has 2 bridgehead atoms. The lowest BCUT2D eigenvalue weighted by Crippen LogP contribution is -2.49. The lowest BCUT2D eigenvalue weighted by molar-refractivity contribution is -0.134. The number of amides is 1. The summed E-state index contributed by atoms with van der Waals surface area (Å²) in [4.78, 5) is 26.1. The van der Waals surface area contributed by atoms with Crippen molar-refractivity contribution in [2.75, 3.05) is 19.6 Å². The Balaban J connectivity index is 0.00000161. The van der Waals surface area contributed by atoms with E-state index in [4.69, 9.17) is 5.73 Å². The summed E-state index contributed by atoms with van der Waals surface area (Å²) in [5.41, 5.74) is 6.64. The van der Waals surface area contributed by atoms with Gasteiger partial charge in [-0.25, -0.2) is 0 Å². The van der Waals surface area contributed by atoms with E-state index in [1.165, 1.54) is 0 Å². The van der Waals surface area contributed by atoms with Crippen molar-refractivity contribution in [3.8, 4) is 0 Å². The highest BCUT2D eigenvalue weighted by atomic mass is 35.5. The van der Waals surface area contributed by atoms with E-state index in [0.717, 1.165) is 38.2 Å². The van der Waals surface area contributed by atoms with E-state index in [0.29, 0.717) is 24.8 Å². The Morgan fingerprint density at radius 2 is 2.10 bits per heavy atom. The molecule has 2 aliphatic rings. The number of nitrogens with two attached hydrogens (primary N) is 1. The largest absolute Gasteiger partial charge is 0.342 e. The molecule has 1 aromatic heterocycles. The summed E-state index contributed by atoms with van der Waals surface area (Å²) in [5, 5.41) is 0. The number of carbonyl (C=O) groups excluding carboxylic acids is 1. The zero-order valence-electron chi connectivity index (χ0n) is 12.0. The molecule has 0 spiro atoms. The Morgan fingerprint density at radius 3 is 2.86 bits per heavy atom. The van der Waals surface area contributed by atoms with Crippen LogP contribution in [0.15, 0.2) is 23.0 Å². The second-order valence-electron chi connectivity index (χ2n) is 5.89. The second-order valence-corrected chi connectivity index (χ2v) is 5.89. The highest BCUT2D eigenvalue weighted by Crippen LogP contribution is 2.35. The maximum absolute atomic E-state index is 12.2. The van der Waals surface area contributed by atoms with Crippen LogP contribution in [0.3, 0.4) is 0 Å². The number of rotatable bonds is 3. The maximum atomic E-state index is 12.2. The third kappa shape index (κ3) is 3.14. The van der Waals surface area contributed by atoms with Crippen LogP contribution in [0.25, 0.3) is 0 Å². The zero-order chi connectivity index (χ0) is 14.1. The molecule has 2 N–H and O–H groups in total. The molecule has 0 radical (unpaired) electrons. The standard InChI is InChI=1S/C15H21N3O2.ClH/c16-6-2-5-14(19)17-8-11-7-12(10-17)13-3-1-4-15(20)18(13)9-11;/h1,3-4,11-12H,2,5-10,16H2;1H/t11-,12+;/m0./s1. The van der Waals surface area contributed by atoms with E-state index in [-0.39, 0.29) is 23.9 Å². The average Bonchev–Trinajstić information content (AvgIpc) is 2.46. The summed E-state index contributed by atoms with van der Waals surface area (Å²) in [7, 11) is 0. The van der Waals surface area contributed by atoms with Crippen LogP contribution in [0.5, 0.6) is 0 Å². The molecule has 0 saturated carbocycles. The fraction of sp³-hybridized carbons (Fsp3) is 0.600. The van der Waals surface area contributed by atoms with Crippen molar-refractivity contribution in [1.29, 1.82) is 0 Å². The van der Waals surface area contributed by atoms with Crippen molar-refractivity contribution in [2.24, 2.45) is 11.7 Å². The normalized spacial score (nSPS) is 23.2. The van der Waals surface area contributed by atoms with Crippen molar-refractivity contribution < 1.29 is 4.79 Å². The number of pyridine rings is 1. The van der Waals surface area contributed by atoms with Gasteiger partial charge in [0.25, 0.3) is 5.56 Å². The molecule has 1 aromatic rings. The number of aromatic nitrogens is 1. The van der Waals surface area contributed by atoms with Crippen molar-refractivity contribution in [1.82, 2.24) is 9.47 Å². The predicted molar refractivity (Wildman–Crippen MR) is 83.7 cm³/mol. The summed E-state index contributed by atoms with van der Waals surface area (Å²) >= 11 is 0. The quantitative estimate of drug-likeness (QED) is 0.904. The monoisotopic (exact) mass is 311 g/mol. The maximum Gasteiger partial charge on any atom is 0.250 e. The lowest BCUT2D eigenvalue weighted by Gasteiger charge is -2.42. The molecule has 0 aliphatic carbocycles. The smallest absolute Gasteiger partial charge is 0.250 e. The number of hydrogen-bond donors (Lipinski definition) is 1. The van der Waals surface area contributed by atoms with Gasteiger partial charge in [-0.3, -0.25) is 9.59 Å². The van der Waals surface area contributed by atoms with Crippen LogP contribution in [0.4, 0.5) is 0 Å². The average molecular weight is 312 g/mol. The molecule has 2 atom stereocenters. The molecule has 0 aromatic carbocycles. The summed E-state index contributed by atoms with van der Waals surface area (Å²) in [5.74, 6) is 0.915. The molecule has 1 saturated heterocycles. The highest BCUT2D eigenvalue weighted by molar-refractivity contribution is 5.85. The summed E-state index contributed by atoms with van der Waals surface area (Å²) in [6.07, 6.45) is 2.38. The van der Waals surface area contributed by atoms with E-state index in [1.54, 1.807) is 6.07 Å². The molecule has 3 heterocycles. The van der Waals surface area contributed by atoms with Gasteiger partial charge in [0.2, 0.25) is 5.91 Å². The van der Waals surface area contributed by atoms with E-state index >= 15 is 0 Å². The van der Waals surface area contributed by atoms with Crippen molar-refractivity contribution in [3.63, 3.8) is 0 Å². The number of hydrogen-bond acceptors (Lipinski definition) is 3. The SMILES string of the molecule is Cl.NCCCC(=O)N1C[C@@H]2C[C@H](C1)c1cccc(=O)n1C2. The van der Waals surface area contributed by atoms with Crippen LogP contribution < -0.4 is 11.3 Å². The molecular weight excluding hydrogens is 290 g/mol. The van der Waals surface area contributed by atoms with Crippen molar-refractivity contribution in [2.45, 2.75) is 31.7 Å². The van der Waals surface area contributed by atoms with Crippen LogP contribution in [-0.2, 0) is 11.3 Å². The predicted octanol–water partition coefficient (Wildman–Crippen LogP) is 0.955. The first-order chi connectivity index (χ1) is 9.69. The molecule has 116 valence electrons. The Hall–Kier alpha value is -1.33. The number of carbonyl (C=O) groups is 1. The molecule has 6 heteroatoms. The van der Waals surface area contributed by atoms with Gasteiger partial charge in [0.1, 0.15) is 0 Å². The number of halogens is 1. The van der Waals surface area contributed by atoms with Gasteiger partial charge in [0.15, 0.2) is 0 Å². The van der Waals surface area contributed by atoms with Crippen LogP contribution >= 0.6 is 12.4 Å². The Morgan fingerprint density at radius 1 is 1.29 bits per heavy atom. The topological polar surface area (TPSA) is 68.3 Å². The van der Waals surface area contributed by atoms with Crippen molar-refractivity contribution >= 4 is 18.3 Å². The van der Waals surface area contributed by atoms with Gasteiger partial charge < -0.3 is 15.2 Å². The Bertz CT molecular complexity index is 572. The van der Waals surface area contributed by atoms with Crippen LogP contribution in [-0.4, -0.2) is 35.0 Å². The van der Waals surface area contributed by atoms with Gasteiger partial charge in [-0.15, -0.1) is 12.4 Å². The Kier molecular flexibility index (Phi) is 5.06.